The summed E-state index contributed by atoms with van der Waals surface area (Å²) in [6.45, 7) is 7.78. The van der Waals surface area contributed by atoms with Gasteiger partial charge in [-0.3, -0.25) is 4.90 Å². The zero-order valence-electron chi connectivity index (χ0n) is 11.7. The van der Waals surface area contributed by atoms with E-state index in [1.165, 1.54) is 30.6 Å². The lowest BCUT2D eigenvalue weighted by Crippen LogP contribution is -2.52. The van der Waals surface area contributed by atoms with Crippen LogP contribution in [0.5, 0.6) is 0 Å². The highest BCUT2D eigenvalue weighted by molar-refractivity contribution is 7.09. The van der Waals surface area contributed by atoms with Crippen LogP contribution in [0.4, 0.5) is 0 Å². The minimum Gasteiger partial charge on any atom is -0.324 e. The van der Waals surface area contributed by atoms with Gasteiger partial charge in [-0.1, -0.05) is 32.8 Å². The Morgan fingerprint density at radius 2 is 2.39 bits per heavy atom. The van der Waals surface area contributed by atoms with Gasteiger partial charge in [-0.2, -0.15) is 0 Å². The SMILES string of the molecule is CCN(Cc1cccs1)CC1(N)CCCC(C)C1. The lowest BCUT2D eigenvalue weighted by atomic mass is 9.77. The number of thiophene rings is 1. The number of rotatable bonds is 5. The van der Waals surface area contributed by atoms with Gasteiger partial charge in [0.1, 0.15) is 0 Å². The van der Waals surface area contributed by atoms with Gasteiger partial charge in [0.15, 0.2) is 0 Å². The van der Waals surface area contributed by atoms with Crippen molar-refractivity contribution in [3.8, 4) is 0 Å². The molecule has 1 saturated carbocycles. The van der Waals surface area contributed by atoms with Crippen LogP contribution in [0, 0.1) is 5.92 Å². The number of hydrogen-bond donors (Lipinski definition) is 1. The number of likely N-dealkylation sites (N-methyl/N-ethyl adjacent to an activating group) is 1. The van der Waals surface area contributed by atoms with Crippen LogP contribution in [-0.2, 0) is 6.54 Å². The predicted octanol–water partition coefficient (Wildman–Crippen LogP) is 3.48. The van der Waals surface area contributed by atoms with Crippen molar-refractivity contribution in [2.45, 2.75) is 51.6 Å². The predicted molar refractivity (Wildman–Crippen MR) is 79.8 cm³/mol. The Morgan fingerprint density at radius 3 is 3.00 bits per heavy atom. The molecule has 18 heavy (non-hydrogen) atoms. The zero-order valence-corrected chi connectivity index (χ0v) is 12.5. The third-order valence-corrected chi connectivity index (χ3v) is 4.93. The molecule has 2 N–H and O–H groups in total. The van der Waals surface area contributed by atoms with Gasteiger partial charge in [-0.05, 0) is 36.8 Å². The summed E-state index contributed by atoms with van der Waals surface area (Å²) < 4.78 is 0. The normalized spacial score (nSPS) is 28.8. The van der Waals surface area contributed by atoms with Crippen molar-refractivity contribution in [3.05, 3.63) is 22.4 Å². The summed E-state index contributed by atoms with van der Waals surface area (Å²) >= 11 is 1.85. The van der Waals surface area contributed by atoms with E-state index >= 15 is 0 Å². The van der Waals surface area contributed by atoms with Crippen molar-refractivity contribution in [2.75, 3.05) is 13.1 Å². The van der Waals surface area contributed by atoms with E-state index in [0.717, 1.165) is 25.6 Å². The molecule has 1 aliphatic rings. The van der Waals surface area contributed by atoms with E-state index in [-0.39, 0.29) is 5.54 Å². The maximum absolute atomic E-state index is 6.62. The van der Waals surface area contributed by atoms with Crippen LogP contribution >= 0.6 is 11.3 Å². The summed E-state index contributed by atoms with van der Waals surface area (Å²) in [4.78, 5) is 3.95. The smallest absolute Gasteiger partial charge is 0.0328 e. The molecule has 0 saturated heterocycles. The molecule has 0 aromatic carbocycles. The molecule has 2 unspecified atom stereocenters. The average molecular weight is 266 g/mol. The second-order valence-corrected chi connectivity index (χ2v) is 6.98. The van der Waals surface area contributed by atoms with Crippen molar-refractivity contribution in [3.63, 3.8) is 0 Å². The molecule has 0 bridgehead atoms. The summed E-state index contributed by atoms with van der Waals surface area (Å²) in [6.07, 6.45) is 5.04. The quantitative estimate of drug-likeness (QED) is 0.884. The van der Waals surface area contributed by atoms with Gasteiger partial charge in [-0.25, -0.2) is 0 Å². The molecule has 102 valence electrons. The first-order chi connectivity index (χ1) is 8.61. The molecule has 2 atom stereocenters. The Hall–Kier alpha value is -0.380. The zero-order chi connectivity index (χ0) is 13.0. The highest BCUT2D eigenvalue weighted by Crippen LogP contribution is 2.31. The van der Waals surface area contributed by atoms with Crippen LogP contribution in [-0.4, -0.2) is 23.5 Å². The molecular weight excluding hydrogens is 240 g/mol. The van der Waals surface area contributed by atoms with E-state index in [1.54, 1.807) is 0 Å². The highest BCUT2D eigenvalue weighted by Gasteiger charge is 2.32. The van der Waals surface area contributed by atoms with E-state index in [0.29, 0.717) is 0 Å². The third kappa shape index (κ3) is 3.81. The Labute approximate surface area is 115 Å². The minimum atomic E-state index is 0.0466. The summed E-state index contributed by atoms with van der Waals surface area (Å²) in [6, 6.07) is 4.36. The number of nitrogens with two attached hydrogens (primary N) is 1. The molecule has 3 heteroatoms. The number of hydrogen-bond acceptors (Lipinski definition) is 3. The molecule has 0 aliphatic heterocycles. The molecule has 0 spiro atoms. The van der Waals surface area contributed by atoms with Crippen molar-refractivity contribution in [1.82, 2.24) is 4.90 Å². The fourth-order valence-electron chi connectivity index (χ4n) is 3.19. The summed E-state index contributed by atoms with van der Waals surface area (Å²) in [7, 11) is 0. The van der Waals surface area contributed by atoms with Crippen LogP contribution in [0.15, 0.2) is 17.5 Å². The average Bonchev–Trinajstić information content (AvgIpc) is 2.80. The van der Waals surface area contributed by atoms with Crippen LogP contribution in [0.25, 0.3) is 0 Å². The topological polar surface area (TPSA) is 29.3 Å². The van der Waals surface area contributed by atoms with E-state index in [2.05, 4.69) is 36.3 Å². The van der Waals surface area contributed by atoms with Gasteiger partial charge in [0.2, 0.25) is 0 Å². The van der Waals surface area contributed by atoms with Crippen LogP contribution in [0.1, 0.15) is 44.4 Å². The Morgan fingerprint density at radius 1 is 1.56 bits per heavy atom. The van der Waals surface area contributed by atoms with Gasteiger partial charge >= 0.3 is 0 Å². The fraction of sp³-hybridized carbons (Fsp3) is 0.733. The molecular formula is C15H26N2S. The standard InChI is InChI=1S/C15H26N2S/c1-3-17(11-14-7-5-9-18-14)12-15(16)8-4-6-13(2)10-15/h5,7,9,13H,3-4,6,8,10-12,16H2,1-2H3. The van der Waals surface area contributed by atoms with Crippen molar-refractivity contribution in [2.24, 2.45) is 11.7 Å². The second kappa shape index (κ2) is 6.18. The molecule has 1 aliphatic carbocycles. The first-order valence-corrected chi connectivity index (χ1v) is 8.03. The minimum absolute atomic E-state index is 0.0466. The molecule has 2 nitrogen and oxygen atoms in total. The van der Waals surface area contributed by atoms with Crippen LogP contribution in [0.3, 0.4) is 0 Å². The summed E-state index contributed by atoms with van der Waals surface area (Å²) in [5.74, 6) is 0.796. The van der Waals surface area contributed by atoms with E-state index in [4.69, 9.17) is 5.73 Å². The first kappa shape index (κ1) is 14.0. The molecule has 2 rings (SSSR count). The lowest BCUT2D eigenvalue weighted by molar-refractivity contribution is 0.150. The van der Waals surface area contributed by atoms with Gasteiger partial charge in [-0.15, -0.1) is 11.3 Å². The maximum Gasteiger partial charge on any atom is 0.0328 e. The Bertz CT molecular complexity index is 349. The fourth-order valence-corrected chi connectivity index (χ4v) is 3.94. The molecule has 1 fully saturated rings. The van der Waals surface area contributed by atoms with Crippen LogP contribution in [0.2, 0.25) is 0 Å². The monoisotopic (exact) mass is 266 g/mol. The molecule has 1 aromatic rings. The molecule has 1 heterocycles. The third-order valence-electron chi connectivity index (χ3n) is 4.07. The van der Waals surface area contributed by atoms with Crippen molar-refractivity contribution >= 4 is 11.3 Å². The second-order valence-electron chi connectivity index (χ2n) is 5.95. The van der Waals surface area contributed by atoms with Crippen molar-refractivity contribution < 1.29 is 0 Å². The lowest BCUT2D eigenvalue weighted by Gasteiger charge is -2.40. The molecule has 1 aromatic heterocycles. The first-order valence-electron chi connectivity index (χ1n) is 7.15. The highest BCUT2D eigenvalue weighted by atomic mass is 32.1. The van der Waals surface area contributed by atoms with Gasteiger partial charge in [0, 0.05) is 23.5 Å². The largest absolute Gasteiger partial charge is 0.324 e. The van der Waals surface area contributed by atoms with E-state index in [1.807, 2.05) is 11.3 Å². The van der Waals surface area contributed by atoms with Gasteiger partial charge in [0.25, 0.3) is 0 Å². The molecule has 0 amide bonds. The number of nitrogens with zero attached hydrogens (tertiary/aromatic N) is 1. The molecule has 0 radical (unpaired) electrons. The maximum atomic E-state index is 6.62. The Balaban J connectivity index is 1.92. The van der Waals surface area contributed by atoms with Gasteiger partial charge < -0.3 is 5.73 Å². The Kier molecular flexibility index (Phi) is 4.82. The van der Waals surface area contributed by atoms with Crippen molar-refractivity contribution in [1.29, 1.82) is 0 Å². The van der Waals surface area contributed by atoms with Crippen LogP contribution < -0.4 is 5.73 Å². The van der Waals surface area contributed by atoms with E-state index in [9.17, 15) is 0 Å². The van der Waals surface area contributed by atoms with Gasteiger partial charge in [0.05, 0.1) is 0 Å². The summed E-state index contributed by atoms with van der Waals surface area (Å²) in [5, 5.41) is 2.16. The summed E-state index contributed by atoms with van der Waals surface area (Å²) in [5.41, 5.74) is 6.66. The van der Waals surface area contributed by atoms with E-state index < -0.39 is 0 Å².